The first-order valence-electron chi connectivity index (χ1n) is 8.79. The molecule has 3 rings (SSSR count). The van der Waals surface area contributed by atoms with Crippen LogP contribution in [0.4, 0.5) is 0 Å². The Morgan fingerprint density at radius 3 is 2.54 bits per heavy atom. The minimum atomic E-state index is -0.764. The third-order valence-corrected chi connectivity index (χ3v) is 7.10. The summed E-state index contributed by atoms with van der Waals surface area (Å²) in [5.74, 6) is -0.557. The Hall–Kier alpha value is -1.46. The number of ether oxygens (including phenoxy) is 1. The number of rotatable bonds is 3. The van der Waals surface area contributed by atoms with Gasteiger partial charge in [-0.2, -0.15) is 0 Å². The predicted octanol–water partition coefficient (Wildman–Crippen LogP) is 3.12. The molecule has 0 saturated heterocycles. The van der Waals surface area contributed by atoms with Crippen LogP contribution in [0.15, 0.2) is 4.99 Å². The zero-order valence-corrected chi connectivity index (χ0v) is 15.5. The van der Waals surface area contributed by atoms with E-state index in [1.807, 2.05) is 20.8 Å². The fourth-order valence-electron chi connectivity index (χ4n) is 5.03. The Labute approximate surface area is 143 Å². The van der Waals surface area contributed by atoms with E-state index in [1.54, 1.807) is 0 Å². The van der Waals surface area contributed by atoms with Gasteiger partial charge in [0.15, 0.2) is 6.04 Å². The van der Waals surface area contributed by atoms with Crippen molar-refractivity contribution >= 4 is 11.7 Å². The predicted molar refractivity (Wildman–Crippen MR) is 90.5 cm³/mol. The summed E-state index contributed by atoms with van der Waals surface area (Å²) in [6, 6.07) is -0.764. The second-order valence-electron chi connectivity index (χ2n) is 9.53. The van der Waals surface area contributed by atoms with Crippen LogP contribution in [0.2, 0.25) is 0 Å². The smallest absolute Gasteiger partial charge is 0.332 e. The quantitative estimate of drug-likeness (QED) is 0.450. The fraction of sp³-hybridized carbons (Fsp3) is 0.889. The summed E-state index contributed by atoms with van der Waals surface area (Å²) in [6.07, 6.45) is 1.83. The fourth-order valence-corrected chi connectivity index (χ4v) is 5.03. The number of nitrogens with zero attached hydrogens (tertiary/aromatic N) is 2. The maximum absolute atomic E-state index is 12.7. The SMILES string of the molecule is CC(C)(C)[C@@H](C[N+](=O)[O-])[C@H]1N=C2[C@H]3CC[C@@](C)([C@@H]2OC1=O)C3(C)C. The summed E-state index contributed by atoms with van der Waals surface area (Å²) < 4.78 is 5.86. The Kier molecular flexibility index (Phi) is 3.63. The average Bonchev–Trinajstić information content (AvgIpc) is 2.75. The van der Waals surface area contributed by atoms with Crippen molar-refractivity contribution in [2.24, 2.45) is 33.1 Å². The maximum atomic E-state index is 12.7. The third-order valence-electron chi connectivity index (χ3n) is 7.10. The standard InChI is InChI=1S/C18H28N2O4/c1-16(2,3)11(9-20(22)23)13-15(21)24-14-12(19-13)10-7-8-18(14,6)17(10,4)5/h10-11,13-14H,7-9H2,1-6H3/t10-,11+,13-,14-,18+/m1/s1. The summed E-state index contributed by atoms with van der Waals surface area (Å²) in [7, 11) is 0. The van der Waals surface area contributed by atoms with Crippen molar-refractivity contribution in [3.63, 3.8) is 0 Å². The van der Waals surface area contributed by atoms with E-state index in [0.29, 0.717) is 5.92 Å². The van der Waals surface area contributed by atoms with Crippen LogP contribution >= 0.6 is 0 Å². The average molecular weight is 336 g/mol. The molecule has 0 amide bonds. The monoisotopic (exact) mass is 336 g/mol. The molecule has 0 radical (unpaired) electrons. The number of esters is 1. The molecule has 0 spiro atoms. The molecule has 6 heteroatoms. The summed E-state index contributed by atoms with van der Waals surface area (Å²) in [5, 5.41) is 11.1. The molecule has 134 valence electrons. The normalized spacial score (nSPS) is 38.3. The van der Waals surface area contributed by atoms with E-state index in [1.165, 1.54) is 0 Å². The van der Waals surface area contributed by atoms with Crippen LogP contribution in [-0.2, 0) is 9.53 Å². The molecule has 1 aliphatic heterocycles. The lowest BCUT2D eigenvalue weighted by molar-refractivity contribution is -0.492. The van der Waals surface area contributed by atoms with Gasteiger partial charge in [-0.3, -0.25) is 15.1 Å². The van der Waals surface area contributed by atoms with Crippen molar-refractivity contribution in [3.05, 3.63) is 10.1 Å². The van der Waals surface area contributed by atoms with Gasteiger partial charge in [-0.05, 0) is 23.7 Å². The van der Waals surface area contributed by atoms with Gasteiger partial charge >= 0.3 is 5.97 Å². The van der Waals surface area contributed by atoms with Gasteiger partial charge in [0.25, 0.3) is 0 Å². The minimum absolute atomic E-state index is 0.0337. The van der Waals surface area contributed by atoms with Crippen LogP contribution in [-0.4, -0.2) is 35.3 Å². The highest BCUT2D eigenvalue weighted by atomic mass is 16.6. The minimum Gasteiger partial charge on any atom is -0.454 e. The number of hydrogen-bond donors (Lipinski definition) is 0. The highest BCUT2D eigenvalue weighted by Crippen LogP contribution is 2.65. The van der Waals surface area contributed by atoms with Crippen molar-refractivity contribution in [2.75, 3.05) is 6.54 Å². The lowest BCUT2D eigenvalue weighted by atomic mass is 9.70. The summed E-state index contributed by atoms with van der Waals surface area (Å²) in [4.78, 5) is 28.3. The van der Waals surface area contributed by atoms with Crippen molar-refractivity contribution in [2.45, 2.75) is 66.5 Å². The topological polar surface area (TPSA) is 81.8 Å². The van der Waals surface area contributed by atoms with Crippen molar-refractivity contribution in [3.8, 4) is 0 Å². The Balaban J connectivity index is 2.01. The molecule has 6 nitrogen and oxygen atoms in total. The van der Waals surface area contributed by atoms with E-state index < -0.39 is 23.3 Å². The summed E-state index contributed by atoms with van der Waals surface area (Å²) >= 11 is 0. The van der Waals surface area contributed by atoms with Crippen molar-refractivity contribution < 1.29 is 14.5 Å². The van der Waals surface area contributed by atoms with E-state index in [-0.39, 0.29) is 28.4 Å². The first kappa shape index (κ1) is 17.4. The molecule has 0 unspecified atom stereocenters. The number of carbonyl (C=O) groups is 1. The summed E-state index contributed by atoms with van der Waals surface area (Å²) in [6.45, 7) is 12.1. The van der Waals surface area contributed by atoms with Crippen LogP contribution < -0.4 is 0 Å². The molecule has 24 heavy (non-hydrogen) atoms. The Morgan fingerprint density at radius 1 is 1.38 bits per heavy atom. The first-order valence-corrected chi connectivity index (χ1v) is 8.79. The van der Waals surface area contributed by atoms with E-state index in [2.05, 4.69) is 20.8 Å². The number of fused-ring (bicyclic) bond motifs is 5. The number of aliphatic imine (C=N–C) groups is 1. The largest absolute Gasteiger partial charge is 0.454 e. The summed E-state index contributed by atoms with van der Waals surface area (Å²) in [5.41, 5.74) is 0.518. The number of hydrogen-bond acceptors (Lipinski definition) is 5. The first-order chi connectivity index (χ1) is 10.9. The van der Waals surface area contributed by atoms with Crippen LogP contribution in [0.1, 0.15) is 54.4 Å². The molecule has 2 saturated carbocycles. The van der Waals surface area contributed by atoms with Gasteiger partial charge in [-0.25, -0.2) is 4.79 Å². The molecule has 2 aliphatic carbocycles. The molecule has 0 aromatic carbocycles. The van der Waals surface area contributed by atoms with Crippen molar-refractivity contribution in [1.29, 1.82) is 0 Å². The molecular weight excluding hydrogens is 308 g/mol. The molecule has 2 bridgehead atoms. The van der Waals surface area contributed by atoms with Gasteiger partial charge in [0.2, 0.25) is 6.54 Å². The van der Waals surface area contributed by atoms with Crippen LogP contribution in [0, 0.1) is 38.2 Å². The van der Waals surface area contributed by atoms with Crippen LogP contribution in [0.3, 0.4) is 0 Å². The van der Waals surface area contributed by atoms with E-state index >= 15 is 0 Å². The lowest BCUT2D eigenvalue weighted by Crippen LogP contribution is -2.51. The van der Waals surface area contributed by atoms with Crippen molar-refractivity contribution in [1.82, 2.24) is 0 Å². The van der Waals surface area contributed by atoms with E-state index in [9.17, 15) is 14.9 Å². The highest BCUT2D eigenvalue weighted by Gasteiger charge is 2.68. The van der Waals surface area contributed by atoms with Gasteiger partial charge in [0, 0.05) is 16.3 Å². The third kappa shape index (κ3) is 2.21. The van der Waals surface area contributed by atoms with Gasteiger partial charge < -0.3 is 4.74 Å². The van der Waals surface area contributed by atoms with Crippen LogP contribution in [0.25, 0.3) is 0 Å². The second-order valence-corrected chi connectivity index (χ2v) is 9.53. The van der Waals surface area contributed by atoms with Gasteiger partial charge in [-0.1, -0.05) is 41.5 Å². The molecule has 5 atom stereocenters. The van der Waals surface area contributed by atoms with Gasteiger partial charge in [-0.15, -0.1) is 0 Å². The zero-order valence-electron chi connectivity index (χ0n) is 15.5. The Bertz CT molecular complexity index is 619. The zero-order chi connectivity index (χ0) is 18.1. The highest BCUT2D eigenvalue weighted by molar-refractivity contribution is 6.01. The van der Waals surface area contributed by atoms with Gasteiger partial charge in [0.05, 0.1) is 11.6 Å². The molecule has 1 heterocycles. The number of carbonyl (C=O) groups excluding carboxylic acids is 1. The molecule has 2 fully saturated rings. The molecule has 3 aliphatic rings. The molecular formula is C18H28N2O4. The Morgan fingerprint density at radius 2 is 2.00 bits per heavy atom. The van der Waals surface area contributed by atoms with E-state index in [0.717, 1.165) is 18.6 Å². The maximum Gasteiger partial charge on any atom is 0.332 e. The lowest BCUT2D eigenvalue weighted by Gasteiger charge is -2.41. The van der Waals surface area contributed by atoms with Crippen LogP contribution in [0.5, 0.6) is 0 Å². The second kappa shape index (κ2) is 5.02. The molecule has 0 aromatic heterocycles. The van der Waals surface area contributed by atoms with E-state index in [4.69, 9.17) is 9.73 Å². The molecule has 0 N–H and O–H groups in total. The number of nitro groups is 1. The van der Waals surface area contributed by atoms with Gasteiger partial charge in [0.1, 0.15) is 6.10 Å². The molecule has 0 aromatic rings.